The number of nitrogen functional groups attached to an aromatic ring is 1. The minimum atomic E-state index is 0.519. The maximum absolute atomic E-state index is 5.69. The fourth-order valence-electron chi connectivity index (χ4n) is 1.27. The van der Waals surface area contributed by atoms with Crippen molar-refractivity contribution in [1.29, 1.82) is 0 Å². The average molecular weight is 162 g/mol. The monoisotopic (exact) mass is 162 g/mol. The highest BCUT2D eigenvalue weighted by Crippen LogP contribution is 2.20. The highest BCUT2D eigenvalue weighted by molar-refractivity contribution is 5.87. The fraction of sp³-hybridized carbons (Fsp3) is 0.250. The predicted molar refractivity (Wildman–Crippen MR) is 47.8 cm³/mol. The van der Waals surface area contributed by atoms with E-state index in [1.807, 2.05) is 13.8 Å². The second-order valence-corrected chi connectivity index (χ2v) is 2.83. The molecule has 0 aliphatic rings. The Morgan fingerprint density at radius 2 is 2.17 bits per heavy atom. The van der Waals surface area contributed by atoms with E-state index in [-0.39, 0.29) is 0 Å². The largest absolute Gasteiger partial charge is 0.382 e. The molecule has 4 nitrogen and oxygen atoms in total. The lowest BCUT2D eigenvalue weighted by Gasteiger charge is -2.01. The highest BCUT2D eigenvalue weighted by atomic mass is 14.9. The van der Waals surface area contributed by atoms with Gasteiger partial charge in [-0.1, -0.05) is 0 Å². The molecule has 0 fully saturated rings. The smallest absolute Gasteiger partial charge is 0.149 e. The van der Waals surface area contributed by atoms with Crippen molar-refractivity contribution in [1.82, 2.24) is 15.0 Å². The van der Waals surface area contributed by atoms with Crippen molar-refractivity contribution in [3.63, 3.8) is 0 Å². The Bertz CT molecular complexity index is 430. The first kappa shape index (κ1) is 7.09. The maximum atomic E-state index is 5.69. The number of hydrogen-bond donors (Lipinski definition) is 2. The highest BCUT2D eigenvalue weighted by Gasteiger charge is 2.07. The first-order valence-electron chi connectivity index (χ1n) is 3.76. The average Bonchev–Trinajstić information content (AvgIpc) is 2.48. The summed E-state index contributed by atoms with van der Waals surface area (Å²) in [5.41, 5.74) is 9.46. The van der Waals surface area contributed by atoms with E-state index in [0.717, 1.165) is 22.3 Å². The van der Waals surface area contributed by atoms with Crippen molar-refractivity contribution in [2.24, 2.45) is 0 Å². The number of pyridine rings is 1. The summed E-state index contributed by atoms with van der Waals surface area (Å²) in [5.74, 6) is 0.519. The van der Waals surface area contributed by atoms with Crippen LogP contribution in [0.1, 0.15) is 11.3 Å². The molecule has 2 heterocycles. The summed E-state index contributed by atoms with van der Waals surface area (Å²) in [7, 11) is 0. The summed E-state index contributed by atoms with van der Waals surface area (Å²) in [4.78, 5) is 11.3. The molecule has 0 aliphatic heterocycles. The molecule has 0 amide bonds. The molecule has 62 valence electrons. The van der Waals surface area contributed by atoms with Gasteiger partial charge in [-0.2, -0.15) is 0 Å². The third-order valence-electron chi connectivity index (χ3n) is 2.08. The summed E-state index contributed by atoms with van der Waals surface area (Å²) in [6, 6.07) is 0. The predicted octanol–water partition coefficient (Wildman–Crippen LogP) is 1.16. The summed E-state index contributed by atoms with van der Waals surface area (Å²) in [6.45, 7) is 3.92. The lowest BCUT2D eigenvalue weighted by Crippen LogP contribution is -1.96. The number of nitrogens with two attached hydrogens (primary N) is 1. The Morgan fingerprint density at radius 3 is 2.92 bits per heavy atom. The molecule has 12 heavy (non-hydrogen) atoms. The van der Waals surface area contributed by atoms with Crippen LogP contribution in [0.15, 0.2) is 6.33 Å². The molecule has 2 rings (SSSR count). The van der Waals surface area contributed by atoms with E-state index in [1.165, 1.54) is 0 Å². The van der Waals surface area contributed by atoms with Crippen LogP contribution >= 0.6 is 0 Å². The van der Waals surface area contributed by atoms with Gasteiger partial charge in [-0.15, -0.1) is 0 Å². The molecule has 2 aromatic heterocycles. The van der Waals surface area contributed by atoms with Crippen molar-refractivity contribution >= 4 is 16.9 Å². The number of anilines is 1. The van der Waals surface area contributed by atoms with Crippen LogP contribution in [0.5, 0.6) is 0 Å². The molecule has 3 N–H and O–H groups in total. The number of hydrogen-bond acceptors (Lipinski definition) is 3. The third kappa shape index (κ3) is 0.777. The zero-order chi connectivity index (χ0) is 8.72. The van der Waals surface area contributed by atoms with Crippen LogP contribution in [0, 0.1) is 13.8 Å². The Hall–Kier alpha value is -1.58. The number of aromatic amines is 1. The Balaban J connectivity index is 2.97. The van der Waals surface area contributed by atoms with Gasteiger partial charge in [0.05, 0.1) is 11.8 Å². The van der Waals surface area contributed by atoms with E-state index in [4.69, 9.17) is 5.73 Å². The normalized spacial score (nSPS) is 10.8. The number of H-pyrrole nitrogens is 1. The van der Waals surface area contributed by atoms with E-state index < -0.39 is 0 Å². The van der Waals surface area contributed by atoms with E-state index in [9.17, 15) is 0 Å². The number of nitrogens with zero attached hydrogens (tertiary/aromatic N) is 2. The molecule has 0 saturated carbocycles. The van der Waals surface area contributed by atoms with Crippen LogP contribution in [0.25, 0.3) is 11.0 Å². The summed E-state index contributed by atoms with van der Waals surface area (Å²) in [6.07, 6.45) is 1.63. The van der Waals surface area contributed by atoms with Crippen LogP contribution in [0.2, 0.25) is 0 Å². The molecule has 0 aromatic carbocycles. The Labute approximate surface area is 69.8 Å². The fourth-order valence-corrected chi connectivity index (χ4v) is 1.27. The van der Waals surface area contributed by atoms with Gasteiger partial charge >= 0.3 is 0 Å². The van der Waals surface area contributed by atoms with Gasteiger partial charge in [0.15, 0.2) is 0 Å². The molecule has 0 aliphatic carbocycles. The lowest BCUT2D eigenvalue weighted by atomic mass is 10.2. The zero-order valence-corrected chi connectivity index (χ0v) is 7.05. The molecule has 0 atom stereocenters. The number of aromatic nitrogens is 3. The van der Waals surface area contributed by atoms with Gasteiger partial charge in [0.1, 0.15) is 11.3 Å². The van der Waals surface area contributed by atoms with Crippen molar-refractivity contribution in [2.45, 2.75) is 13.8 Å². The van der Waals surface area contributed by atoms with Crippen molar-refractivity contribution < 1.29 is 0 Å². The number of imidazole rings is 1. The molecule has 0 bridgehead atoms. The number of nitrogens with one attached hydrogen (secondary N) is 1. The van der Waals surface area contributed by atoms with Crippen molar-refractivity contribution in [3.8, 4) is 0 Å². The van der Waals surface area contributed by atoms with Crippen molar-refractivity contribution in [3.05, 3.63) is 17.6 Å². The van der Waals surface area contributed by atoms with E-state index >= 15 is 0 Å². The molecule has 0 spiro atoms. The van der Waals surface area contributed by atoms with Crippen LogP contribution in [0.4, 0.5) is 5.82 Å². The van der Waals surface area contributed by atoms with Crippen LogP contribution in [-0.2, 0) is 0 Å². The van der Waals surface area contributed by atoms with E-state index in [0.29, 0.717) is 5.82 Å². The minimum Gasteiger partial charge on any atom is -0.382 e. The van der Waals surface area contributed by atoms with Gasteiger partial charge in [0.2, 0.25) is 0 Å². The molecule has 0 unspecified atom stereocenters. The van der Waals surface area contributed by atoms with Gasteiger partial charge < -0.3 is 10.7 Å². The minimum absolute atomic E-state index is 0.519. The zero-order valence-electron chi connectivity index (χ0n) is 7.05. The van der Waals surface area contributed by atoms with Gasteiger partial charge in [0.25, 0.3) is 0 Å². The molecular weight excluding hydrogens is 152 g/mol. The first-order chi connectivity index (χ1) is 5.70. The molecule has 4 heteroatoms. The van der Waals surface area contributed by atoms with Crippen LogP contribution in [0.3, 0.4) is 0 Å². The molecular formula is C8H10N4. The van der Waals surface area contributed by atoms with E-state index in [1.54, 1.807) is 6.33 Å². The van der Waals surface area contributed by atoms with Gasteiger partial charge in [-0.25, -0.2) is 9.97 Å². The first-order valence-corrected chi connectivity index (χ1v) is 3.76. The second-order valence-electron chi connectivity index (χ2n) is 2.83. The van der Waals surface area contributed by atoms with Crippen LogP contribution < -0.4 is 5.73 Å². The summed E-state index contributed by atoms with van der Waals surface area (Å²) in [5, 5.41) is 0. The topological polar surface area (TPSA) is 67.6 Å². The third-order valence-corrected chi connectivity index (χ3v) is 2.08. The standard InChI is InChI=1S/C8H10N4/c1-4-5(2)12-8(9)7-6(4)10-3-11-7/h3H,1-2H3,(H2,9,12)(H,10,11). The lowest BCUT2D eigenvalue weighted by molar-refractivity contribution is 1.18. The Kier molecular flexibility index (Phi) is 1.30. The van der Waals surface area contributed by atoms with Crippen molar-refractivity contribution in [2.75, 3.05) is 5.73 Å². The molecule has 0 saturated heterocycles. The summed E-state index contributed by atoms with van der Waals surface area (Å²) >= 11 is 0. The Morgan fingerprint density at radius 1 is 1.42 bits per heavy atom. The van der Waals surface area contributed by atoms with Gasteiger partial charge in [-0.3, -0.25) is 0 Å². The quantitative estimate of drug-likeness (QED) is 0.610. The second kappa shape index (κ2) is 2.20. The summed E-state index contributed by atoms with van der Waals surface area (Å²) < 4.78 is 0. The number of aryl methyl sites for hydroxylation is 2. The maximum Gasteiger partial charge on any atom is 0.149 e. The molecule has 2 aromatic rings. The SMILES string of the molecule is Cc1nc(N)c2[nH]cnc2c1C. The van der Waals surface area contributed by atoms with Gasteiger partial charge in [0, 0.05) is 5.69 Å². The van der Waals surface area contributed by atoms with Gasteiger partial charge in [-0.05, 0) is 19.4 Å². The van der Waals surface area contributed by atoms with Crippen LogP contribution in [-0.4, -0.2) is 15.0 Å². The number of rotatable bonds is 0. The number of fused-ring (bicyclic) bond motifs is 1. The van der Waals surface area contributed by atoms with E-state index in [2.05, 4.69) is 15.0 Å². The molecule has 0 radical (unpaired) electrons.